The van der Waals surface area contributed by atoms with Crippen LogP contribution in [0.25, 0.3) is 0 Å². The van der Waals surface area contributed by atoms with Crippen LogP contribution in [0.15, 0.2) is 18.2 Å². The van der Waals surface area contributed by atoms with E-state index in [1.54, 1.807) is 0 Å². The maximum atomic E-state index is 5.46. The number of ether oxygens (including phenoxy) is 1. The second-order valence-electron chi connectivity index (χ2n) is 3.30. The first kappa shape index (κ1) is 9.07. The summed E-state index contributed by atoms with van der Waals surface area (Å²) in [4.78, 5) is 0.530. The Bertz CT molecular complexity index is 309. The van der Waals surface area contributed by atoms with Crippen molar-refractivity contribution in [3.63, 3.8) is 0 Å². The molecule has 0 saturated carbocycles. The molecule has 2 rings (SSSR count). The van der Waals surface area contributed by atoms with Gasteiger partial charge < -0.3 is 4.74 Å². The Morgan fingerprint density at radius 3 is 3.15 bits per heavy atom. The van der Waals surface area contributed by atoms with Gasteiger partial charge in [-0.3, -0.25) is 0 Å². The zero-order chi connectivity index (χ0) is 9.26. The molecule has 1 aliphatic rings. The van der Waals surface area contributed by atoms with Gasteiger partial charge in [0.1, 0.15) is 5.75 Å². The summed E-state index contributed by atoms with van der Waals surface area (Å²) in [5.74, 6) is 0.993. The average Bonchev–Trinajstić information content (AvgIpc) is 2.49. The summed E-state index contributed by atoms with van der Waals surface area (Å²) in [6, 6.07) is 6.40. The summed E-state index contributed by atoms with van der Waals surface area (Å²) in [6.07, 6.45) is 2.41. The van der Waals surface area contributed by atoms with E-state index in [0.29, 0.717) is 4.83 Å². The standard InChI is InChI=1S/C11H13BrO/c1-2-13-9-5-3-8-4-6-11(12)10(8)7-9/h3,5,7,11H,2,4,6H2,1H3. The molecule has 0 heterocycles. The number of fused-ring (bicyclic) bond motifs is 1. The highest BCUT2D eigenvalue weighted by Gasteiger charge is 2.19. The maximum absolute atomic E-state index is 5.46. The lowest BCUT2D eigenvalue weighted by molar-refractivity contribution is 0.340. The molecule has 1 aromatic carbocycles. The third-order valence-corrected chi connectivity index (χ3v) is 3.38. The zero-order valence-corrected chi connectivity index (χ0v) is 9.30. The number of hydrogen-bond acceptors (Lipinski definition) is 1. The van der Waals surface area contributed by atoms with Gasteiger partial charge in [0.2, 0.25) is 0 Å². The Labute approximate surface area is 87.2 Å². The molecular weight excluding hydrogens is 228 g/mol. The predicted molar refractivity (Wildman–Crippen MR) is 57.6 cm³/mol. The lowest BCUT2D eigenvalue weighted by Gasteiger charge is -2.07. The molecule has 2 heteroatoms. The van der Waals surface area contributed by atoms with Crippen molar-refractivity contribution in [3.05, 3.63) is 29.3 Å². The van der Waals surface area contributed by atoms with Gasteiger partial charge in [-0.15, -0.1) is 0 Å². The van der Waals surface area contributed by atoms with Crippen LogP contribution >= 0.6 is 15.9 Å². The fourth-order valence-corrected chi connectivity index (χ4v) is 2.44. The molecule has 0 N–H and O–H groups in total. The van der Waals surface area contributed by atoms with Crippen LogP contribution < -0.4 is 4.74 Å². The van der Waals surface area contributed by atoms with Crippen molar-refractivity contribution in [1.82, 2.24) is 0 Å². The average molecular weight is 241 g/mol. The van der Waals surface area contributed by atoms with Gasteiger partial charge in [-0.25, -0.2) is 0 Å². The van der Waals surface area contributed by atoms with Crippen molar-refractivity contribution in [2.24, 2.45) is 0 Å². The minimum absolute atomic E-state index is 0.530. The fraction of sp³-hybridized carbons (Fsp3) is 0.455. The Morgan fingerprint density at radius 1 is 1.54 bits per heavy atom. The van der Waals surface area contributed by atoms with Crippen LogP contribution in [0.4, 0.5) is 0 Å². The van der Waals surface area contributed by atoms with E-state index in [2.05, 4.69) is 34.1 Å². The van der Waals surface area contributed by atoms with Gasteiger partial charge in [0.25, 0.3) is 0 Å². The van der Waals surface area contributed by atoms with Crippen molar-refractivity contribution in [2.75, 3.05) is 6.61 Å². The van der Waals surface area contributed by atoms with Crippen LogP contribution in [0.2, 0.25) is 0 Å². The monoisotopic (exact) mass is 240 g/mol. The highest BCUT2D eigenvalue weighted by molar-refractivity contribution is 9.09. The van der Waals surface area contributed by atoms with Crippen molar-refractivity contribution in [1.29, 1.82) is 0 Å². The van der Waals surface area contributed by atoms with E-state index in [0.717, 1.165) is 12.4 Å². The summed E-state index contributed by atoms with van der Waals surface area (Å²) >= 11 is 3.67. The molecule has 1 aromatic rings. The predicted octanol–water partition coefficient (Wildman–Crippen LogP) is 3.47. The Balaban J connectivity index is 2.31. The largest absolute Gasteiger partial charge is 0.494 e. The van der Waals surface area contributed by atoms with E-state index in [4.69, 9.17) is 4.74 Å². The SMILES string of the molecule is CCOc1ccc2c(c1)C(Br)CC2. The van der Waals surface area contributed by atoms with Crippen LogP contribution in [0.1, 0.15) is 29.3 Å². The van der Waals surface area contributed by atoms with E-state index in [1.807, 2.05) is 6.92 Å². The van der Waals surface area contributed by atoms with E-state index < -0.39 is 0 Å². The molecule has 70 valence electrons. The summed E-state index contributed by atoms with van der Waals surface area (Å²) in [5.41, 5.74) is 2.87. The van der Waals surface area contributed by atoms with Crippen LogP contribution in [0, 0.1) is 0 Å². The van der Waals surface area contributed by atoms with Crippen molar-refractivity contribution in [2.45, 2.75) is 24.6 Å². The van der Waals surface area contributed by atoms with E-state index in [-0.39, 0.29) is 0 Å². The van der Waals surface area contributed by atoms with Crippen molar-refractivity contribution in [3.8, 4) is 5.75 Å². The summed E-state index contributed by atoms with van der Waals surface area (Å²) < 4.78 is 5.46. The second kappa shape index (κ2) is 3.70. The van der Waals surface area contributed by atoms with Gasteiger partial charge >= 0.3 is 0 Å². The molecule has 0 amide bonds. The van der Waals surface area contributed by atoms with Crippen molar-refractivity contribution < 1.29 is 4.74 Å². The molecule has 0 aromatic heterocycles. The lowest BCUT2D eigenvalue weighted by Crippen LogP contribution is -1.93. The first-order valence-corrected chi connectivity index (χ1v) is 5.62. The summed E-state index contributed by atoms with van der Waals surface area (Å²) in [6.45, 7) is 2.75. The number of rotatable bonds is 2. The molecule has 13 heavy (non-hydrogen) atoms. The van der Waals surface area contributed by atoms with Crippen molar-refractivity contribution >= 4 is 15.9 Å². The minimum Gasteiger partial charge on any atom is -0.494 e. The highest BCUT2D eigenvalue weighted by atomic mass is 79.9. The minimum atomic E-state index is 0.530. The molecule has 0 aliphatic heterocycles. The molecule has 0 fully saturated rings. The van der Waals surface area contributed by atoms with E-state index in [1.165, 1.54) is 24.0 Å². The molecular formula is C11H13BrO. The number of halogens is 1. The Hall–Kier alpha value is -0.500. The van der Waals surface area contributed by atoms with E-state index in [9.17, 15) is 0 Å². The third-order valence-electron chi connectivity index (χ3n) is 2.43. The van der Waals surface area contributed by atoms with Gasteiger partial charge in [-0.2, -0.15) is 0 Å². The lowest BCUT2D eigenvalue weighted by atomic mass is 10.1. The molecule has 1 aliphatic carbocycles. The van der Waals surface area contributed by atoms with Gasteiger partial charge in [0, 0.05) is 4.83 Å². The quantitative estimate of drug-likeness (QED) is 0.720. The summed E-state index contributed by atoms with van der Waals surface area (Å²) in [7, 11) is 0. The van der Waals surface area contributed by atoms with Crippen LogP contribution in [-0.2, 0) is 6.42 Å². The molecule has 1 nitrogen and oxygen atoms in total. The normalized spacial score (nSPS) is 20.0. The van der Waals surface area contributed by atoms with Crippen LogP contribution in [0.3, 0.4) is 0 Å². The third kappa shape index (κ3) is 1.73. The second-order valence-corrected chi connectivity index (χ2v) is 4.41. The Kier molecular flexibility index (Phi) is 2.58. The zero-order valence-electron chi connectivity index (χ0n) is 7.72. The fourth-order valence-electron chi connectivity index (χ4n) is 1.79. The van der Waals surface area contributed by atoms with Gasteiger partial charge in [-0.05, 0) is 43.0 Å². The smallest absolute Gasteiger partial charge is 0.119 e. The maximum Gasteiger partial charge on any atom is 0.119 e. The molecule has 1 atom stereocenters. The van der Waals surface area contributed by atoms with Crippen LogP contribution in [-0.4, -0.2) is 6.61 Å². The number of benzene rings is 1. The molecule has 1 unspecified atom stereocenters. The highest BCUT2D eigenvalue weighted by Crippen LogP contribution is 2.39. The molecule has 0 bridgehead atoms. The molecule has 0 saturated heterocycles. The first-order valence-electron chi connectivity index (χ1n) is 4.71. The molecule has 0 spiro atoms. The van der Waals surface area contributed by atoms with Gasteiger partial charge in [-0.1, -0.05) is 22.0 Å². The Morgan fingerprint density at radius 2 is 2.38 bits per heavy atom. The van der Waals surface area contributed by atoms with Gasteiger partial charge in [0.05, 0.1) is 6.61 Å². The number of aryl methyl sites for hydroxylation is 1. The topological polar surface area (TPSA) is 9.23 Å². The van der Waals surface area contributed by atoms with Gasteiger partial charge in [0.15, 0.2) is 0 Å². The van der Waals surface area contributed by atoms with Crippen LogP contribution in [0.5, 0.6) is 5.75 Å². The number of alkyl halides is 1. The number of hydrogen-bond donors (Lipinski definition) is 0. The first-order chi connectivity index (χ1) is 6.31. The summed E-state index contributed by atoms with van der Waals surface area (Å²) in [5, 5.41) is 0. The van der Waals surface area contributed by atoms with E-state index >= 15 is 0 Å². The molecule has 0 radical (unpaired) electrons.